The highest BCUT2D eigenvalue weighted by Gasteiger charge is 2.23. The first kappa shape index (κ1) is 17.8. The third-order valence-electron chi connectivity index (χ3n) is 3.74. The number of rotatable bonds is 6. The molecule has 0 aliphatic rings. The number of nitrogens with one attached hydrogen (secondary N) is 1. The Morgan fingerprint density at radius 2 is 1.43 bits per heavy atom. The molecule has 122 valence electrons. The number of hydrogen-bond donors (Lipinski definition) is 1. The van der Waals surface area contributed by atoms with E-state index < -0.39 is 0 Å². The molecule has 2 aromatic carbocycles. The lowest BCUT2D eigenvalue weighted by Crippen LogP contribution is -2.33. The summed E-state index contributed by atoms with van der Waals surface area (Å²) in [6.07, 6.45) is 0.449. The molecule has 0 aliphatic carbocycles. The zero-order chi connectivity index (χ0) is 16.8. The molecule has 0 atom stereocenters. The number of hydrogen-bond acceptors (Lipinski definition) is 2. The fourth-order valence-electron chi connectivity index (χ4n) is 2.48. The van der Waals surface area contributed by atoms with Crippen LogP contribution in [0.25, 0.3) is 0 Å². The van der Waals surface area contributed by atoms with Gasteiger partial charge in [-0.3, -0.25) is 4.79 Å². The lowest BCUT2D eigenvalue weighted by atomic mass is 9.97. The molecule has 0 saturated heterocycles. The number of carbonyl (C=O) groups excluding carboxylic acids is 1. The van der Waals surface area contributed by atoms with Gasteiger partial charge in [0.15, 0.2) is 0 Å². The van der Waals surface area contributed by atoms with E-state index in [9.17, 15) is 4.79 Å². The summed E-state index contributed by atoms with van der Waals surface area (Å²) >= 11 is 12.0. The summed E-state index contributed by atoms with van der Waals surface area (Å²) in [7, 11) is 3.66. The molecule has 23 heavy (non-hydrogen) atoms. The van der Waals surface area contributed by atoms with Crippen LogP contribution in [0.3, 0.4) is 0 Å². The first-order chi connectivity index (χ1) is 11.0. The maximum absolute atomic E-state index is 12.5. The Morgan fingerprint density at radius 3 is 1.83 bits per heavy atom. The van der Waals surface area contributed by atoms with Crippen molar-refractivity contribution in [2.24, 2.45) is 0 Å². The van der Waals surface area contributed by atoms with Crippen LogP contribution in [-0.4, -0.2) is 31.4 Å². The highest BCUT2D eigenvalue weighted by Crippen LogP contribution is 2.29. The summed E-state index contributed by atoms with van der Waals surface area (Å²) in [5, 5.41) is 4.35. The molecule has 0 aliphatic heterocycles. The van der Waals surface area contributed by atoms with Crippen LogP contribution in [0.1, 0.15) is 23.6 Å². The second-order valence-electron chi connectivity index (χ2n) is 5.36. The molecule has 0 spiro atoms. The molecule has 0 bridgehead atoms. The van der Waals surface area contributed by atoms with Crippen molar-refractivity contribution in [1.29, 1.82) is 0 Å². The quantitative estimate of drug-likeness (QED) is 0.848. The largest absolute Gasteiger partial charge is 0.335 e. The van der Waals surface area contributed by atoms with E-state index in [0.717, 1.165) is 11.1 Å². The number of halogens is 2. The molecule has 0 radical (unpaired) electrons. The van der Waals surface area contributed by atoms with Crippen LogP contribution >= 0.6 is 23.2 Å². The maximum atomic E-state index is 12.5. The number of nitrogens with zero attached hydrogens (tertiary/aromatic N) is 1. The number of benzene rings is 2. The van der Waals surface area contributed by atoms with E-state index in [4.69, 9.17) is 23.2 Å². The van der Waals surface area contributed by atoms with Crippen LogP contribution < -0.4 is 5.32 Å². The highest BCUT2D eigenvalue weighted by atomic mass is 35.5. The molecule has 2 rings (SSSR count). The van der Waals surface area contributed by atoms with Gasteiger partial charge in [0, 0.05) is 30.1 Å². The van der Waals surface area contributed by atoms with Gasteiger partial charge in [-0.05, 0) is 42.4 Å². The van der Waals surface area contributed by atoms with Gasteiger partial charge in [-0.1, -0.05) is 47.5 Å². The topological polar surface area (TPSA) is 32.3 Å². The Kier molecular flexibility index (Phi) is 6.46. The van der Waals surface area contributed by atoms with E-state index in [0.29, 0.717) is 23.0 Å². The zero-order valence-corrected chi connectivity index (χ0v) is 14.7. The summed E-state index contributed by atoms with van der Waals surface area (Å²) in [5.74, 6) is 0.0780. The van der Waals surface area contributed by atoms with Crippen LogP contribution in [0, 0.1) is 0 Å². The van der Waals surface area contributed by atoms with Crippen LogP contribution in [0.15, 0.2) is 48.5 Å². The van der Waals surface area contributed by atoms with Gasteiger partial charge in [0.1, 0.15) is 0 Å². The SMILES string of the molecule is CNCCC(=O)N(C)C(c1ccc(Cl)cc1)c1ccc(Cl)cc1. The molecule has 5 heteroatoms. The number of amides is 1. The second kappa shape index (κ2) is 8.34. The van der Waals surface area contributed by atoms with Gasteiger partial charge in [0.25, 0.3) is 0 Å². The summed E-state index contributed by atoms with van der Waals surface area (Å²) in [5.41, 5.74) is 2.02. The fraction of sp³-hybridized carbons (Fsp3) is 0.278. The molecule has 2 aromatic rings. The Bertz CT molecular complexity index is 596. The Labute approximate surface area is 147 Å². The molecule has 3 nitrogen and oxygen atoms in total. The first-order valence-electron chi connectivity index (χ1n) is 7.44. The third kappa shape index (κ3) is 4.71. The van der Waals surface area contributed by atoms with Crippen LogP contribution in [-0.2, 0) is 4.79 Å². The van der Waals surface area contributed by atoms with Crippen molar-refractivity contribution in [2.45, 2.75) is 12.5 Å². The van der Waals surface area contributed by atoms with Gasteiger partial charge < -0.3 is 10.2 Å². The van der Waals surface area contributed by atoms with E-state index in [2.05, 4.69) is 5.32 Å². The minimum atomic E-state index is -0.172. The van der Waals surface area contributed by atoms with Crippen molar-refractivity contribution in [1.82, 2.24) is 10.2 Å². The summed E-state index contributed by atoms with van der Waals surface area (Å²) in [6, 6.07) is 15.0. The lowest BCUT2D eigenvalue weighted by Gasteiger charge is -2.29. The molecule has 0 saturated carbocycles. The Morgan fingerprint density at radius 1 is 1.00 bits per heavy atom. The molecular formula is C18H20Cl2N2O. The summed E-state index contributed by atoms with van der Waals surface area (Å²) in [4.78, 5) is 14.2. The van der Waals surface area contributed by atoms with Crippen molar-refractivity contribution >= 4 is 29.1 Å². The van der Waals surface area contributed by atoms with E-state index in [1.165, 1.54) is 0 Å². The second-order valence-corrected chi connectivity index (χ2v) is 6.24. The standard InChI is InChI=1S/C18H20Cl2N2O/c1-21-12-11-17(23)22(2)18(13-3-7-15(19)8-4-13)14-5-9-16(20)10-6-14/h3-10,18,21H,11-12H2,1-2H3. The van der Waals surface area contributed by atoms with Gasteiger partial charge in [-0.15, -0.1) is 0 Å². The monoisotopic (exact) mass is 350 g/mol. The van der Waals surface area contributed by atoms with Crippen LogP contribution in [0.2, 0.25) is 10.0 Å². The van der Waals surface area contributed by atoms with Gasteiger partial charge in [-0.2, -0.15) is 0 Å². The van der Waals surface area contributed by atoms with Gasteiger partial charge >= 0.3 is 0 Å². The molecular weight excluding hydrogens is 331 g/mol. The maximum Gasteiger partial charge on any atom is 0.224 e. The van der Waals surface area contributed by atoms with Gasteiger partial charge in [0.05, 0.1) is 6.04 Å². The molecule has 0 heterocycles. The molecule has 1 amide bonds. The normalized spacial score (nSPS) is 10.8. The van der Waals surface area contributed by atoms with E-state index >= 15 is 0 Å². The van der Waals surface area contributed by atoms with E-state index in [-0.39, 0.29) is 11.9 Å². The lowest BCUT2D eigenvalue weighted by molar-refractivity contribution is -0.131. The van der Waals surface area contributed by atoms with Crippen molar-refractivity contribution in [2.75, 3.05) is 20.6 Å². The number of carbonyl (C=O) groups is 1. The smallest absolute Gasteiger partial charge is 0.224 e. The zero-order valence-electron chi connectivity index (χ0n) is 13.2. The predicted molar refractivity (Wildman–Crippen MR) is 96.1 cm³/mol. The Hall–Kier alpha value is -1.55. The molecule has 1 N–H and O–H groups in total. The van der Waals surface area contributed by atoms with E-state index in [1.54, 1.807) is 4.90 Å². The average Bonchev–Trinajstić information content (AvgIpc) is 2.56. The third-order valence-corrected chi connectivity index (χ3v) is 4.24. The van der Waals surface area contributed by atoms with Gasteiger partial charge in [-0.25, -0.2) is 0 Å². The van der Waals surface area contributed by atoms with Crippen molar-refractivity contribution in [3.63, 3.8) is 0 Å². The average molecular weight is 351 g/mol. The van der Waals surface area contributed by atoms with Gasteiger partial charge in [0.2, 0.25) is 5.91 Å². The molecule has 0 aromatic heterocycles. The van der Waals surface area contributed by atoms with Crippen molar-refractivity contribution < 1.29 is 4.79 Å². The van der Waals surface area contributed by atoms with Crippen molar-refractivity contribution in [3.05, 3.63) is 69.7 Å². The van der Waals surface area contributed by atoms with Crippen LogP contribution in [0.5, 0.6) is 0 Å². The molecule has 0 fully saturated rings. The van der Waals surface area contributed by atoms with Crippen LogP contribution in [0.4, 0.5) is 0 Å². The Balaban J connectivity index is 2.36. The highest BCUT2D eigenvalue weighted by molar-refractivity contribution is 6.30. The summed E-state index contributed by atoms with van der Waals surface area (Å²) in [6.45, 7) is 0.650. The minimum Gasteiger partial charge on any atom is -0.335 e. The fourth-order valence-corrected chi connectivity index (χ4v) is 2.73. The minimum absolute atomic E-state index is 0.0780. The van der Waals surface area contributed by atoms with Crippen molar-refractivity contribution in [3.8, 4) is 0 Å². The predicted octanol–water partition coefficient (Wildman–Crippen LogP) is 4.15. The molecule has 0 unspecified atom stereocenters. The first-order valence-corrected chi connectivity index (χ1v) is 8.19. The van der Waals surface area contributed by atoms with E-state index in [1.807, 2.05) is 62.6 Å². The summed E-state index contributed by atoms with van der Waals surface area (Å²) < 4.78 is 0.